The minimum Gasteiger partial charge on any atom is -0.459 e. The number of rotatable bonds is 3. The summed E-state index contributed by atoms with van der Waals surface area (Å²) in [6.07, 6.45) is 6.91. The second-order valence-electron chi connectivity index (χ2n) is 8.35. The van der Waals surface area contributed by atoms with E-state index in [2.05, 4.69) is 4.98 Å². The van der Waals surface area contributed by atoms with E-state index in [0.29, 0.717) is 28.4 Å². The number of fused-ring (bicyclic) bond motifs is 1. The highest BCUT2D eigenvalue weighted by molar-refractivity contribution is 7.15. The van der Waals surface area contributed by atoms with Gasteiger partial charge < -0.3 is 4.74 Å². The van der Waals surface area contributed by atoms with Crippen molar-refractivity contribution >= 4 is 22.3 Å². The minimum absolute atomic E-state index is 0.0593. The molecule has 0 saturated heterocycles. The van der Waals surface area contributed by atoms with Crippen LogP contribution in [0.4, 0.5) is 0 Å². The van der Waals surface area contributed by atoms with Gasteiger partial charge in [-0.15, -0.1) is 11.3 Å². The average molecular weight is 358 g/mol. The molecule has 2 heterocycles. The Morgan fingerprint density at radius 1 is 1.28 bits per heavy atom. The van der Waals surface area contributed by atoms with Gasteiger partial charge in [0, 0.05) is 17.1 Å². The minimum atomic E-state index is -0.257. The quantitative estimate of drug-likeness (QED) is 0.790. The molecule has 0 atom stereocenters. The van der Waals surface area contributed by atoms with Crippen LogP contribution >= 0.6 is 11.3 Å². The van der Waals surface area contributed by atoms with E-state index in [-0.39, 0.29) is 23.6 Å². The van der Waals surface area contributed by atoms with E-state index in [1.807, 2.05) is 12.3 Å². The monoisotopic (exact) mass is 358 g/mol. The van der Waals surface area contributed by atoms with E-state index >= 15 is 0 Å². The number of carbonyl (C=O) groups is 1. The van der Waals surface area contributed by atoms with Gasteiger partial charge in [-0.05, 0) is 63.2 Å². The van der Waals surface area contributed by atoms with Crippen molar-refractivity contribution in [3.05, 3.63) is 33.2 Å². The smallest absolute Gasteiger partial charge is 0.312 e. The summed E-state index contributed by atoms with van der Waals surface area (Å²) in [6.45, 7) is 1.99. The van der Waals surface area contributed by atoms with Crippen LogP contribution in [-0.2, 0) is 16.1 Å². The molecule has 4 aliphatic rings. The van der Waals surface area contributed by atoms with Crippen molar-refractivity contribution < 1.29 is 9.53 Å². The molecule has 2 aromatic rings. The second-order valence-corrected chi connectivity index (χ2v) is 9.19. The van der Waals surface area contributed by atoms with Gasteiger partial charge in [0.15, 0.2) is 4.96 Å². The average Bonchev–Trinajstić information content (AvgIpc) is 2.93. The maximum absolute atomic E-state index is 12.9. The van der Waals surface area contributed by atoms with E-state index < -0.39 is 0 Å². The van der Waals surface area contributed by atoms with Gasteiger partial charge in [0.2, 0.25) is 0 Å². The Morgan fingerprint density at radius 3 is 2.56 bits per heavy atom. The predicted octanol–water partition coefficient (Wildman–Crippen LogP) is 3.32. The third-order valence-corrected chi connectivity index (χ3v) is 7.39. The summed E-state index contributed by atoms with van der Waals surface area (Å²) >= 11 is 1.44. The first kappa shape index (κ1) is 15.6. The summed E-state index contributed by atoms with van der Waals surface area (Å²) in [5.74, 6) is 2.09. The molecule has 0 radical (unpaired) electrons. The molecule has 5 nitrogen and oxygen atoms in total. The van der Waals surface area contributed by atoms with Gasteiger partial charge in [0.1, 0.15) is 6.61 Å². The van der Waals surface area contributed by atoms with Crippen molar-refractivity contribution in [2.24, 2.45) is 23.2 Å². The number of hydrogen-bond acceptors (Lipinski definition) is 5. The lowest BCUT2D eigenvalue weighted by Gasteiger charge is -2.55. The van der Waals surface area contributed by atoms with Crippen LogP contribution in [0.25, 0.3) is 4.96 Å². The number of aromatic nitrogens is 2. The summed E-state index contributed by atoms with van der Waals surface area (Å²) in [4.78, 5) is 30.3. The SMILES string of the molecule is Cc1csc2nc(COC(=O)C34CC5CC(CC(C5)C3)C4)cc(=O)n12. The highest BCUT2D eigenvalue weighted by Crippen LogP contribution is 2.60. The van der Waals surface area contributed by atoms with Crippen molar-refractivity contribution in [3.8, 4) is 0 Å². The number of ether oxygens (including phenoxy) is 1. The Hall–Kier alpha value is -1.69. The molecule has 132 valence electrons. The molecule has 0 aliphatic heterocycles. The van der Waals surface area contributed by atoms with Crippen LogP contribution in [-0.4, -0.2) is 15.4 Å². The van der Waals surface area contributed by atoms with Crippen LogP contribution in [0.5, 0.6) is 0 Å². The Kier molecular flexibility index (Phi) is 3.36. The third kappa shape index (κ3) is 2.45. The maximum Gasteiger partial charge on any atom is 0.312 e. The Balaban J connectivity index is 1.35. The van der Waals surface area contributed by atoms with Gasteiger partial charge in [0.25, 0.3) is 5.56 Å². The molecule has 25 heavy (non-hydrogen) atoms. The van der Waals surface area contributed by atoms with E-state index in [4.69, 9.17) is 4.74 Å². The molecule has 0 unspecified atom stereocenters. The number of hydrogen-bond donors (Lipinski definition) is 0. The first-order valence-electron chi connectivity index (χ1n) is 9.16. The standard InChI is InChI=1S/C19H22N2O3S/c1-11-10-25-18-20-15(5-16(22)21(11)18)9-24-17(23)19-6-12-2-13(7-19)4-14(3-12)8-19/h5,10,12-14H,2-4,6-9H2,1H3. The fourth-order valence-corrected chi connectivity index (χ4v) is 6.72. The van der Waals surface area contributed by atoms with Crippen LogP contribution in [0.2, 0.25) is 0 Å². The molecule has 0 aromatic carbocycles. The maximum atomic E-state index is 12.9. The van der Waals surface area contributed by atoms with Gasteiger partial charge in [-0.2, -0.15) is 0 Å². The predicted molar refractivity (Wildman–Crippen MR) is 94.5 cm³/mol. The number of aryl methyl sites for hydroxylation is 1. The topological polar surface area (TPSA) is 60.7 Å². The second kappa shape index (κ2) is 5.40. The van der Waals surface area contributed by atoms with Crippen LogP contribution in [0.15, 0.2) is 16.2 Å². The lowest BCUT2D eigenvalue weighted by Crippen LogP contribution is -2.50. The molecule has 0 amide bonds. The molecule has 0 spiro atoms. The van der Waals surface area contributed by atoms with Crippen LogP contribution in [0.3, 0.4) is 0 Å². The van der Waals surface area contributed by atoms with Crippen molar-refractivity contribution in [2.45, 2.75) is 52.1 Å². The molecule has 2 aromatic heterocycles. The van der Waals surface area contributed by atoms with E-state index in [9.17, 15) is 9.59 Å². The van der Waals surface area contributed by atoms with Gasteiger partial charge >= 0.3 is 5.97 Å². The Bertz CT molecular complexity index is 878. The van der Waals surface area contributed by atoms with Crippen LogP contribution in [0, 0.1) is 30.1 Å². The third-order valence-electron chi connectivity index (χ3n) is 6.45. The fourth-order valence-electron chi connectivity index (χ4n) is 5.83. The Labute approximate surface area is 150 Å². The number of esters is 1. The largest absolute Gasteiger partial charge is 0.459 e. The van der Waals surface area contributed by atoms with Crippen molar-refractivity contribution in [3.63, 3.8) is 0 Å². The first-order chi connectivity index (χ1) is 12.0. The van der Waals surface area contributed by atoms with E-state index in [1.165, 1.54) is 36.7 Å². The van der Waals surface area contributed by atoms with E-state index in [1.54, 1.807) is 4.40 Å². The van der Waals surface area contributed by atoms with Crippen molar-refractivity contribution in [1.82, 2.24) is 9.38 Å². The molecule has 0 N–H and O–H groups in total. The zero-order valence-electron chi connectivity index (χ0n) is 14.4. The first-order valence-corrected chi connectivity index (χ1v) is 10.0. The molecule has 6 rings (SSSR count). The molecule has 4 saturated carbocycles. The van der Waals surface area contributed by atoms with E-state index in [0.717, 1.165) is 25.0 Å². The van der Waals surface area contributed by atoms with Crippen molar-refractivity contribution in [1.29, 1.82) is 0 Å². The molecular formula is C19H22N2O3S. The lowest BCUT2D eigenvalue weighted by atomic mass is 9.49. The molecule has 6 heteroatoms. The number of thiazole rings is 1. The highest BCUT2D eigenvalue weighted by atomic mass is 32.1. The summed E-state index contributed by atoms with van der Waals surface area (Å²) in [5, 5.41) is 1.91. The van der Waals surface area contributed by atoms with Crippen LogP contribution in [0.1, 0.15) is 49.9 Å². The summed E-state index contributed by atoms with van der Waals surface area (Å²) in [7, 11) is 0. The highest BCUT2D eigenvalue weighted by Gasteiger charge is 2.55. The molecule has 4 bridgehead atoms. The molecular weight excluding hydrogens is 336 g/mol. The van der Waals surface area contributed by atoms with Crippen molar-refractivity contribution in [2.75, 3.05) is 0 Å². The number of carbonyl (C=O) groups excluding carboxylic acids is 1. The van der Waals surface area contributed by atoms with Crippen LogP contribution < -0.4 is 5.56 Å². The van der Waals surface area contributed by atoms with Gasteiger partial charge in [0.05, 0.1) is 11.1 Å². The normalized spacial score (nSPS) is 33.1. The molecule has 4 fully saturated rings. The summed E-state index contributed by atoms with van der Waals surface area (Å²) < 4.78 is 7.27. The van der Waals surface area contributed by atoms with Gasteiger partial charge in [-0.25, -0.2) is 4.98 Å². The number of nitrogens with zero attached hydrogens (tertiary/aromatic N) is 2. The van der Waals surface area contributed by atoms with Gasteiger partial charge in [-0.1, -0.05) is 0 Å². The fraction of sp³-hybridized carbons (Fsp3) is 0.632. The summed E-state index contributed by atoms with van der Waals surface area (Å²) in [5.41, 5.74) is 1.07. The van der Waals surface area contributed by atoms with Gasteiger partial charge in [-0.3, -0.25) is 14.0 Å². The summed E-state index contributed by atoms with van der Waals surface area (Å²) in [6, 6.07) is 1.49. The zero-order chi connectivity index (χ0) is 17.2. The lowest BCUT2D eigenvalue weighted by molar-refractivity contribution is -0.173. The zero-order valence-corrected chi connectivity index (χ0v) is 15.2. The Morgan fingerprint density at radius 2 is 1.92 bits per heavy atom. The molecule has 4 aliphatic carbocycles.